The van der Waals surface area contributed by atoms with Gasteiger partial charge < -0.3 is 31.4 Å². The first-order valence-corrected chi connectivity index (χ1v) is 14.5. The van der Waals surface area contributed by atoms with Crippen molar-refractivity contribution in [1.82, 2.24) is 15.2 Å². The van der Waals surface area contributed by atoms with Gasteiger partial charge in [-0.05, 0) is 68.9 Å². The van der Waals surface area contributed by atoms with Gasteiger partial charge in [0.15, 0.2) is 0 Å². The van der Waals surface area contributed by atoms with E-state index in [0.717, 1.165) is 16.3 Å². The highest BCUT2D eigenvalue weighted by molar-refractivity contribution is 6.16. The molecule has 1 aliphatic rings. The van der Waals surface area contributed by atoms with Gasteiger partial charge in [0.25, 0.3) is 11.8 Å². The summed E-state index contributed by atoms with van der Waals surface area (Å²) in [5.41, 5.74) is 13.5. The summed E-state index contributed by atoms with van der Waals surface area (Å²) in [5, 5.41) is 16.6. The zero-order chi connectivity index (χ0) is 30.9. The maximum absolute atomic E-state index is 14.0. The van der Waals surface area contributed by atoms with E-state index >= 15 is 0 Å². The molecule has 1 aliphatic carbocycles. The lowest BCUT2D eigenvalue weighted by Gasteiger charge is -2.30. The van der Waals surface area contributed by atoms with Crippen LogP contribution in [0, 0.1) is 5.41 Å². The Kier molecular flexibility index (Phi) is 8.12. The minimum atomic E-state index is -0.715. The molecule has 0 bridgehead atoms. The van der Waals surface area contributed by atoms with Crippen LogP contribution >= 0.6 is 0 Å². The van der Waals surface area contributed by atoms with Crippen molar-refractivity contribution < 1.29 is 19.1 Å². The van der Waals surface area contributed by atoms with Crippen molar-refractivity contribution in [3.8, 4) is 0 Å². The van der Waals surface area contributed by atoms with Gasteiger partial charge in [-0.2, -0.15) is 0 Å². The molecule has 0 atom stereocenters. The standard InChI is InChI=1S/C33H38N6O4/c1-33(2,3)43-32(42)38-23-14-12-22(13-15-23)37-31(41)28-27(30(36)40)25-16-11-20(29(34)35)17-26(25)39(28)18-21-9-6-8-19-7-4-5-10-24(19)21/h4-11,16-17,22-23H,12-15,18H2,1-3H3,(H3,34,35)(H2,36,40)(H,37,41)(H,38,42)/t22-,23-. The number of carbonyl (C=O) groups is 3. The number of nitrogen functional groups attached to an aromatic ring is 1. The van der Waals surface area contributed by atoms with Gasteiger partial charge in [-0.25, -0.2) is 4.79 Å². The number of amides is 3. The Hall–Kier alpha value is -4.86. The monoisotopic (exact) mass is 582 g/mol. The van der Waals surface area contributed by atoms with Crippen molar-refractivity contribution in [3.63, 3.8) is 0 Å². The second kappa shape index (κ2) is 11.8. The molecule has 0 radical (unpaired) electrons. The molecule has 43 heavy (non-hydrogen) atoms. The predicted octanol–water partition coefficient (Wildman–Crippen LogP) is 4.79. The highest BCUT2D eigenvalue weighted by Crippen LogP contribution is 2.31. The van der Waals surface area contributed by atoms with E-state index in [1.165, 1.54) is 0 Å². The predicted molar refractivity (Wildman–Crippen MR) is 167 cm³/mol. The smallest absolute Gasteiger partial charge is 0.407 e. The third kappa shape index (κ3) is 6.48. The van der Waals surface area contributed by atoms with Crippen LogP contribution in [0.2, 0.25) is 0 Å². The third-order valence-corrected chi connectivity index (χ3v) is 7.83. The number of nitrogens with two attached hydrogens (primary N) is 2. The van der Waals surface area contributed by atoms with E-state index in [-0.39, 0.29) is 29.2 Å². The SMILES string of the molecule is CC(C)(C)OC(=O)N[C@H]1CC[C@H](NC(=O)c2c(C(N)=O)c3ccc(C(=N)N)cc3n2Cc2cccc3ccccc23)CC1. The fourth-order valence-electron chi connectivity index (χ4n) is 5.88. The number of benzene rings is 3. The van der Waals surface area contributed by atoms with Crippen molar-refractivity contribution in [2.45, 2.75) is 70.7 Å². The first kappa shape index (κ1) is 29.6. The zero-order valence-corrected chi connectivity index (χ0v) is 24.7. The summed E-state index contributed by atoms with van der Waals surface area (Å²) < 4.78 is 7.18. The second-order valence-corrected chi connectivity index (χ2v) is 12.1. The van der Waals surface area contributed by atoms with Crippen molar-refractivity contribution >= 4 is 45.4 Å². The molecule has 0 spiro atoms. The molecule has 0 unspecified atom stereocenters. The summed E-state index contributed by atoms with van der Waals surface area (Å²) in [7, 11) is 0. The Balaban J connectivity index is 1.47. The summed E-state index contributed by atoms with van der Waals surface area (Å²) in [6.07, 6.45) is 2.20. The number of nitrogens with one attached hydrogen (secondary N) is 3. The average molecular weight is 583 g/mol. The average Bonchev–Trinajstić information content (AvgIpc) is 3.27. The molecule has 1 heterocycles. The number of aromatic nitrogens is 1. The zero-order valence-electron chi connectivity index (χ0n) is 24.7. The van der Waals surface area contributed by atoms with Gasteiger partial charge in [0.05, 0.1) is 11.1 Å². The molecule has 0 aliphatic heterocycles. The Morgan fingerprint density at radius 2 is 1.56 bits per heavy atom. The molecular formula is C33H38N6O4. The highest BCUT2D eigenvalue weighted by Gasteiger charge is 2.30. The Morgan fingerprint density at radius 1 is 0.907 bits per heavy atom. The number of primary amides is 1. The molecule has 3 aromatic carbocycles. The second-order valence-electron chi connectivity index (χ2n) is 12.1. The molecule has 0 saturated heterocycles. The van der Waals surface area contributed by atoms with Crippen LogP contribution in [0.1, 0.15) is 78.4 Å². The Morgan fingerprint density at radius 3 is 2.21 bits per heavy atom. The lowest BCUT2D eigenvalue weighted by atomic mass is 9.91. The van der Waals surface area contributed by atoms with Crippen LogP contribution in [0.15, 0.2) is 60.7 Å². The number of alkyl carbamates (subject to hydrolysis) is 1. The quantitative estimate of drug-likeness (QED) is 0.156. The summed E-state index contributed by atoms with van der Waals surface area (Å²) in [4.78, 5) is 39.1. The van der Waals surface area contributed by atoms with Crippen molar-refractivity contribution in [2.24, 2.45) is 11.5 Å². The summed E-state index contributed by atoms with van der Waals surface area (Å²) in [6, 6.07) is 18.8. The molecule has 1 saturated carbocycles. The summed E-state index contributed by atoms with van der Waals surface area (Å²) >= 11 is 0. The molecule has 1 aromatic heterocycles. The van der Waals surface area contributed by atoms with Crippen LogP contribution in [0.4, 0.5) is 4.79 Å². The summed E-state index contributed by atoms with van der Waals surface area (Å²) in [6.45, 7) is 5.75. The molecule has 10 heteroatoms. The lowest BCUT2D eigenvalue weighted by molar-refractivity contribution is 0.0487. The molecule has 224 valence electrons. The van der Waals surface area contributed by atoms with Crippen LogP contribution in [-0.2, 0) is 11.3 Å². The van der Waals surface area contributed by atoms with Crippen LogP contribution in [0.3, 0.4) is 0 Å². The minimum absolute atomic E-state index is 0.0491. The van der Waals surface area contributed by atoms with E-state index in [1.807, 2.05) is 63.2 Å². The number of rotatable bonds is 7. The molecule has 7 N–H and O–H groups in total. The maximum Gasteiger partial charge on any atom is 0.407 e. The van der Waals surface area contributed by atoms with Crippen LogP contribution in [0.25, 0.3) is 21.7 Å². The van der Waals surface area contributed by atoms with Gasteiger partial charge >= 0.3 is 6.09 Å². The first-order valence-electron chi connectivity index (χ1n) is 14.5. The van der Waals surface area contributed by atoms with Gasteiger partial charge in [-0.3, -0.25) is 15.0 Å². The molecule has 1 fully saturated rings. The number of carbonyl (C=O) groups excluding carboxylic acids is 3. The van der Waals surface area contributed by atoms with Crippen LogP contribution in [-0.4, -0.2) is 46.0 Å². The Bertz CT molecular complexity index is 1720. The maximum atomic E-state index is 14.0. The van der Waals surface area contributed by atoms with Crippen molar-refractivity contribution in [2.75, 3.05) is 0 Å². The number of hydrogen-bond donors (Lipinski definition) is 5. The largest absolute Gasteiger partial charge is 0.444 e. The van der Waals surface area contributed by atoms with Gasteiger partial charge in [0, 0.05) is 29.6 Å². The number of amidine groups is 1. The fourth-order valence-corrected chi connectivity index (χ4v) is 5.88. The van der Waals surface area contributed by atoms with Crippen LogP contribution in [0.5, 0.6) is 0 Å². The van der Waals surface area contributed by atoms with E-state index in [0.29, 0.717) is 48.7 Å². The molecule has 5 rings (SSSR count). The normalized spacial score (nSPS) is 17.0. The van der Waals surface area contributed by atoms with Crippen molar-refractivity contribution in [1.29, 1.82) is 5.41 Å². The van der Waals surface area contributed by atoms with Gasteiger partial charge in [0.1, 0.15) is 17.1 Å². The van der Waals surface area contributed by atoms with E-state index in [2.05, 4.69) is 10.6 Å². The highest BCUT2D eigenvalue weighted by atomic mass is 16.6. The minimum Gasteiger partial charge on any atom is -0.444 e. The molecule has 4 aromatic rings. The number of nitrogens with zero attached hydrogens (tertiary/aromatic N) is 1. The Labute approximate surface area is 250 Å². The molecular weight excluding hydrogens is 544 g/mol. The van der Waals surface area contributed by atoms with Gasteiger partial charge in [0.2, 0.25) is 0 Å². The van der Waals surface area contributed by atoms with Gasteiger partial charge in [-0.1, -0.05) is 54.6 Å². The number of hydrogen-bond acceptors (Lipinski definition) is 5. The van der Waals surface area contributed by atoms with Crippen LogP contribution < -0.4 is 22.1 Å². The van der Waals surface area contributed by atoms with Gasteiger partial charge in [-0.15, -0.1) is 0 Å². The van der Waals surface area contributed by atoms with E-state index in [9.17, 15) is 14.4 Å². The third-order valence-electron chi connectivity index (χ3n) is 7.83. The van der Waals surface area contributed by atoms with E-state index in [1.54, 1.807) is 22.8 Å². The lowest BCUT2D eigenvalue weighted by Crippen LogP contribution is -2.45. The molecule has 10 nitrogen and oxygen atoms in total. The first-order chi connectivity index (χ1) is 20.4. The summed E-state index contributed by atoms with van der Waals surface area (Å²) in [5.74, 6) is -1.24. The fraction of sp³-hybridized carbons (Fsp3) is 0.333. The number of ether oxygens (including phenoxy) is 1. The topological polar surface area (TPSA) is 165 Å². The number of fused-ring (bicyclic) bond motifs is 2. The molecule has 3 amide bonds. The van der Waals surface area contributed by atoms with Crippen molar-refractivity contribution in [3.05, 3.63) is 83.0 Å². The van der Waals surface area contributed by atoms with E-state index in [4.69, 9.17) is 21.6 Å². The van der Waals surface area contributed by atoms with E-state index < -0.39 is 23.5 Å².